The summed E-state index contributed by atoms with van der Waals surface area (Å²) in [7, 11) is 0. The number of nitrogens with one attached hydrogen (secondary N) is 1. The van der Waals surface area contributed by atoms with Crippen molar-refractivity contribution in [3.05, 3.63) is 83.6 Å². The number of rotatable bonds is 10. The van der Waals surface area contributed by atoms with E-state index in [-0.39, 0.29) is 25.1 Å². The molecule has 2 aromatic heterocycles. The number of furan rings is 1. The number of carbonyl (C=O) groups is 1. The Morgan fingerprint density at radius 1 is 1.11 bits per heavy atom. The van der Waals surface area contributed by atoms with Crippen LogP contribution in [0.1, 0.15) is 22.7 Å². The minimum Gasteiger partial charge on any atom is -0.486 e. The van der Waals surface area contributed by atoms with E-state index in [1.54, 1.807) is 6.26 Å². The minimum atomic E-state index is -0.113. The van der Waals surface area contributed by atoms with Crippen molar-refractivity contribution in [2.75, 3.05) is 12.5 Å². The fourth-order valence-corrected chi connectivity index (χ4v) is 4.25. The summed E-state index contributed by atoms with van der Waals surface area (Å²) >= 11 is 1.31. The van der Waals surface area contributed by atoms with Crippen molar-refractivity contribution in [3.8, 4) is 17.2 Å². The van der Waals surface area contributed by atoms with Crippen LogP contribution in [0.25, 0.3) is 0 Å². The quantitative estimate of drug-likeness (QED) is 0.332. The predicted molar refractivity (Wildman–Crippen MR) is 128 cm³/mol. The molecule has 5 rings (SSSR count). The number of amides is 1. The van der Waals surface area contributed by atoms with Crippen molar-refractivity contribution in [2.45, 2.75) is 31.8 Å². The Balaban J connectivity index is 1.20. The number of benzene rings is 2. The molecule has 0 saturated heterocycles. The lowest BCUT2D eigenvalue weighted by molar-refractivity contribution is -0.118. The Bertz CT molecular complexity index is 1290. The summed E-state index contributed by atoms with van der Waals surface area (Å²) in [6, 6.07) is 17.2. The third kappa shape index (κ3) is 5.78. The highest BCUT2D eigenvalue weighted by Gasteiger charge is 2.17. The molecule has 35 heavy (non-hydrogen) atoms. The van der Waals surface area contributed by atoms with Gasteiger partial charge in [0.25, 0.3) is 0 Å². The molecule has 180 valence electrons. The number of nitrogens with zero attached hydrogens (tertiary/aromatic N) is 3. The van der Waals surface area contributed by atoms with E-state index in [0.29, 0.717) is 35.6 Å². The van der Waals surface area contributed by atoms with Gasteiger partial charge in [-0.05, 0) is 48.9 Å². The van der Waals surface area contributed by atoms with Crippen molar-refractivity contribution in [1.82, 2.24) is 20.1 Å². The molecule has 1 N–H and O–H groups in total. The molecular weight excluding hydrogens is 468 g/mol. The summed E-state index contributed by atoms with van der Waals surface area (Å²) < 4.78 is 24.0. The highest BCUT2D eigenvalue weighted by Crippen LogP contribution is 2.32. The molecule has 0 atom stereocenters. The molecule has 0 radical (unpaired) electrons. The lowest BCUT2D eigenvalue weighted by atomic mass is 10.2. The molecule has 3 heterocycles. The fraction of sp³-hybridized carbons (Fsp3) is 0.240. The Morgan fingerprint density at radius 3 is 2.80 bits per heavy atom. The normalized spacial score (nSPS) is 12.0. The van der Waals surface area contributed by atoms with Gasteiger partial charge in [-0.1, -0.05) is 35.5 Å². The third-order valence-corrected chi connectivity index (χ3v) is 6.30. The highest BCUT2D eigenvalue weighted by atomic mass is 32.2. The van der Waals surface area contributed by atoms with Crippen molar-refractivity contribution in [2.24, 2.45) is 0 Å². The molecule has 1 aliphatic heterocycles. The molecule has 10 heteroatoms. The van der Waals surface area contributed by atoms with Gasteiger partial charge in [-0.25, -0.2) is 0 Å². The van der Waals surface area contributed by atoms with E-state index in [2.05, 4.69) is 15.5 Å². The van der Waals surface area contributed by atoms with Crippen molar-refractivity contribution in [3.63, 3.8) is 0 Å². The second-order valence-corrected chi connectivity index (χ2v) is 8.86. The molecule has 0 bridgehead atoms. The van der Waals surface area contributed by atoms with Gasteiger partial charge in [0.15, 0.2) is 22.5 Å². The number of hydrogen-bond donors (Lipinski definition) is 1. The van der Waals surface area contributed by atoms with Crippen LogP contribution >= 0.6 is 11.8 Å². The summed E-state index contributed by atoms with van der Waals surface area (Å²) in [6.07, 6.45) is 1.62. The van der Waals surface area contributed by atoms with Gasteiger partial charge >= 0.3 is 0 Å². The number of thioether (sulfide) groups is 1. The fourth-order valence-electron chi connectivity index (χ4n) is 3.46. The maximum atomic E-state index is 12.5. The maximum absolute atomic E-state index is 12.5. The first-order chi connectivity index (χ1) is 17.1. The number of aromatic nitrogens is 3. The molecule has 0 unspecified atom stereocenters. The van der Waals surface area contributed by atoms with Crippen LogP contribution in [0.2, 0.25) is 0 Å². The Kier molecular flexibility index (Phi) is 6.89. The zero-order valence-corrected chi connectivity index (χ0v) is 19.9. The molecule has 2 aromatic carbocycles. The monoisotopic (exact) mass is 492 g/mol. The minimum absolute atomic E-state index is 0.113. The van der Waals surface area contributed by atoms with Gasteiger partial charge in [-0.2, -0.15) is 0 Å². The van der Waals surface area contributed by atoms with E-state index in [1.165, 1.54) is 11.8 Å². The number of ether oxygens (including phenoxy) is 3. The van der Waals surface area contributed by atoms with Crippen LogP contribution in [0.3, 0.4) is 0 Å². The van der Waals surface area contributed by atoms with Crippen molar-refractivity contribution >= 4 is 17.7 Å². The van der Waals surface area contributed by atoms with Gasteiger partial charge in [-0.3, -0.25) is 9.36 Å². The van der Waals surface area contributed by atoms with Gasteiger partial charge in [0.05, 0.1) is 18.6 Å². The van der Waals surface area contributed by atoms with Gasteiger partial charge in [-0.15, -0.1) is 10.2 Å². The lowest BCUT2D eigenvalue weighted by Crippen LogP contribution is -2.24. The van der Waals surface area contributed by atoms with Crippen LogP contribution < -0.4 is 19.5 Å². The first kappa shape index (κ1) is 22.9. The van der Waals surface area contributed by atoms with Gasteiger partial charge < -0.3 is 23.9 Å². The Labute approximate surface area is 206 Å². The highest BCUT2D eigenvalue weighted by molar-refractivity contribution is 7.99. The van der Waals surface area contributed by atoms with E-state index in [4.69, 9.17) is 18.6 Å². The van der Waals surface area contributed by atoms with E-state index in [0.717, 1.165) is 22.6 Å². The number of fused-ring (bicyclic) bond motifs is 1. The number of hydrogen-bond acceptors (Lipinski definition) is 8. The summed E-state index contributed by atoms with van der Waals surface area (Å²) in [5.41, 5.74) is 2.10. The standard InChI is InChI=1S/C25H24N4O5S/c1-17-4-7-19(8-5-17)32-14-23-27-28-25(29(23)13-20-3-2-10-31-20)35-15-24(30)26-12-18-6-9-21-22(11-18)34-16-33-21/h2-11H,12-16H2,1H3,(H,26,30). The Hall–Kier alpha value is -3.92. The SMILES string of the molecule is Cc1ccc(OCc2nnc(SCC(=O)NCc3ccc4c(c3)OCO4)n2Cc2ccco2)cc1. The maximum Gasteiger partial charge on any atom is 0.231 e. The third-order valence-electron chi connectivity index (χ3n) is 5.34. The lowest BCUT2D eigenvalue weighted by Gasteiger charge is -2.10. The average Bonchev–Trinajstić information content (AvgIpc) is 3.63. The largest absolute Gasteiger partial charge is 0.486 e. The van der Waals surface area contributed by atoms with Crippen LogP contribution in [-0.2, 0) is 24.5 Å². The molecule has 0 spiro atoms. The Morgan fingerprint density at radius 2 is 1.97 bits per heavy atom. The molecular formula is C25H24N4O5S. The zero-order valence-electron chi connectivity index (χ0n) is 19.1. The van der Waals surface area contributed by atoms with Crippen molar-refractivity contribution < 1.29 is 23.4 Å². The number of carbonyl (C=O) groups excluding carboxylic acids is 1. The van der Waals surface area contributed by atoms with Crippen LogP contribution in [0.5, 0.6) is 17.2 Å². The topological polar surface area (TPSA) is 101 Å². The van der Waals surface area contributed by atoms with Gasteiger partial charge in [0.1, 0.15) is 18.1 Å². The summed E-state index contributed by atoms with van der Waals surface area (Å²) in [5.74, 6) is 3.64. The summed E-state index contributed by atoms with van der Waals surface area (Å²) in [5, 5.41) is 12.1. The summed E-state index contributed by atoms with van der Waals surface area (Å²) in [6.45, 7) is 3.32. The molecule has 1 amide bonds. The first-order valence-electron chi connectivity index (χ1n) is 11.1. The molecule has 0 saturated carbocycles. The van der Waals surface area contributed by atoms with Crippen LogP contribution in [0.4, 0.5) is 0 Å². The van der Waals surface area contributed by atoms with E-state index < -0.39 is 0 Å². The average molecular weight is 493 g/mol. The molecule has 9 nitrogen and oxygen atoms in total. The summed E-state index contributed by atoms with van der Waals surface area (Å²) in [4.78, 5) is 12.5. The first-order valence-corrected chi connectivity index (χ1v) is 12.0. The molecule has 4 aromatic rings. The van der Waals surface area contributed by atoms with Crippen LogP contribution in [-0.4, -0.2) is 33.2 Å². The molecule has 0 fully saturated rings. The molecule has 1 aliphatic rings. The van der Waals surface area contributed by atoms with E-state index in [1.807, 2.05) is 66.1 Å². The van der Waals surface area contributed by atoms with Crippen molar-refractivity contribution in [1.29, 1.82) is 0 Å². The van der Waals surface area contributed by atoms with Crippen LogP contribution in [0.15, 0.2) is 70.4 Å². The second kappa shape index (κ2) is 10.6. The molecule has 0 aliphatic carbocycles. The van der Waals surface area contributed by atoms with E-state index in [9.17, 15) is 4.79 Å². The van der Waals surface area contributed by atoms with E-state index >= 15 is 0 Å². The van der Waals surface area contributed by atoms with Gasteiger partial charge in [0.2, 0.25) is 12.7 Å². The number of aryl methyl sites for hydroxylation is 1. The predicted octanol–water partition coefficient (Wildman–Crippen LogP) is 3.94. The smallest absolute Gasteiger partial charge is 0.231 e. The zero-order chi connectivity index (χ0) is 24.0. The second-order valence-electron chi connectivity index (χ2n) is 7.92. The van der Waals surface area contributed by atoms with Gasteiger partial charge in [0, 0.05) is 6.54 Å². The van der Waals surface area contributed by atoms with Crippen LogP contribution in [0, 0.1) is 6.92 Å².